The molecule has 0 heterocycles. The molecule has 0 bridgehead atoms. The summed E-state index contributed by atoms with van der Waals surface area (Å²) < 4.78 is 20.1. The molecule has 0 aromatic carbocycles. The van der Waals surface area contributed by atoms with Crippen LogP contribution in [0.1, 0.15) is 12.8 Å². The summed E-state index contributed by atoms with van der Waals surface area (Å²) in [4.78, 5) is 0. The fourth-order valence-corrected chi connectivity index (χ4v) is 1.97. The van der Waals surface area contributed by atoms with Crippen molar-refractivity contribution in [2.45, 2.75) is 17.6 Å². The van der Waals surface area contributed by atoms with Crippen molar-refractivity contribution in [2.24, 2.45) is 0 Å². The molecule has 3 nitrogen and oxygen atoms in total. The number of halogens is 1. The van der Waals surface area contributed by atoms with Crippen LogP contribution in [-0.4, -0.2) is 24.9 Å². The molecule has 0 aliphatic heterocycles. The first-order valence-corrected chi connectivity index (χ1v) is 4.88. The molecule has 1 aliphatic rings. The molecule has 1 rings (SSSR count). The summed E-state index contributed by atoms with van der Waals surface area (Å²) >= 11 is 0. The van der Waals surface area contributed by atoms with Gasteiger partial charge in [-0.3, -0.25) is 0 Å². The Morgan fingerprint density at radius 1 is 1.56 bits per heavy atom. The van der Waals surface area contributed by atoms with Crippen LogP contribution >= 0.6 is 10.7 Å². The first-order chi connectivity index (χ1) is 4.02. The Morgan fingerprint density at radius 2 is 2.00 bits per heavy atom. The largest absolute Gasteiger partial charge is 0.395 e. The minimum atomic E-state index is -3.52. The van der Waals surface area contributed by atoms with Crippen LogP contribution < -0.4 is 0 Å². The molecule has 54 valence electrons. The lowest BCUT2D eigenvalue weighted by molar-refractivity contribution is 0.284. The predicted molar refractivity (Wildman–Crippen MR) is 33.8 cm³/mol. The summed E-state index contributed by atoms with van der Waals surface area (Å²) in [7, 11) is 1.48. The van der Waals surface area contributed by atoms with E-state index in [0.717, 1.165) is 0 Å². The van der Waals surface area contributed by atoms with Crippen molar-refractivity contribution in [1.82, 2.24) is 0 Å². The summed E-state index contributed by atoms with van der Waals surface area (Å²) in [5, 5.41) is 8.53. The molecular weight excluding hydrogens is 164 g/mol. The molecule has 0 spiro atoms. The molecule has 0 aromatic rings. The van der Waals surface area contributed by atoms with Gasteiger partial charge in [0.15, 0.2) is 0 Å². The highest BCUT2D eigenvalue weighted by atomic mass is 35.7. The van der Waals surface area contributed by atoms with Gasteiger partial charge in [-0.25, -0.2) is 8.42 Å². The zero-order valence-electron chi connectivity index (χ0n) is 4.67. The van der Waals surface area contributed by atoms with Gasteiger partial charge in [0.1, 0.15) is 4.75 Å². The maximum Gasteiger partial charge on any atom is 0.240 e. The smallest absolute Gasteiger partial charge is 0.240 e. The van der Waals surface area contributed by atoms with Gasteiger partial charge in [0.05, 0.1) is 6.61 Å². The van der Waals surface area contributed by atoms with Crippen LogP contribution in [0, 0.1) is 0 Å². The second kappa shape index (κ2) is 1.84. The topological polar surface area (TPSA) is 54.4 Å². The molecule has 5 heteroatoms. The van der Waals surface area contributed by atoms with Crippen LogP contribution in [0.3, 0.4) is 0 Å². The summed E-state index contributed by atoms with van der Waals surface area (Å²) in [5.41, 5.74) is 0. The Kier molecular flexibility index (Phi) is 1.49. The van der Waals surface area contributed by atoms with Crippen molar-refractivity contribution in [3.63, 3.8) is 0 Å². The zero-order chi connectivity index (χ0) is 7.12. The van der Waals surface area contributed by atoms with E-state index in [9.17, 15) is 8.42 Å². The SMILES string of the molecule is O=S(=O)(Cl)C1(CO)CC1. The highest BCUT2D eigenvalue weighted by Gasteiger charge is 2.53. The zero-order valence-corrected chi connectivity index (χ0v) is 6.24. The summed E-state index contributed by atoms with van der Waals surface area (Å²) in [6.45, 7) is -0.348. The molecule has 0 aromatic heterocycles. The lowest BCUT2D eigenvalue weighted by atomic mass is 10.5. The first-order valence-electron chi connectivity index (χ1n) is 2.57. The molecule has 0 atom stereocenters. The third kappa shape index (κ3) is 1.07. The minimum Gasteiger partial charge on any atom is -0.395 e. The number of aliphatic hydroxyl groups excluding tert-OH is 1. The summed E-state index contributed by atoms with van der Waals surface area (Å²) in [6.07, 6.45) is 0.991. The summed E-state index contributed by atoms with van der Waals surface area (Å²) in [5.74, 6) is 0. The van der Waals surface area contributed by atoms with Gasteiger partial charge in [-0.15, -0.1) is 0 Å². The van der Waals surface area contributed by atoms with Crippen molar-refractivity contribution in [1.29, 1.82) is 0 Å². The Morgan fingerprint density at radius 3 is 2.00 bits per heavy atom. The van der Waals surface area contributed by atoms with Gasteiger partial charge in [-0.1, -0.05) is 0 Å². The van der Waals surface area contributed by atoms with Gasteiger partial charge in [-0.05, 0) is 12.8 Å². The highest BCUT2D eigenvalue weighted by molar-refractivity contribution is 8.15. The van der Waals surface area contributed by atoms with Crippen molar-refractivity contribution in [3.8, 4) is 0 Å². The maximum atomic E-state index is 10.6. The summed E-state index contributed by atoms with van der Waals surface area (Å²) in [6, 6.07) is 0. The Bertz CT molecular complexity index is 204. The van der Waals surface area contributed by atoms with E-state index in [4.69, 9.17) is 15.8 Å². The van der Waals surface area contributed by atoms with Crippen molar-refractivity contribution >= 4 is 19.7 Å². The van der Waals surface area contributed by atoms with Gasteiger partial charge < -0.3 is 5.11 Å². The van der Waals surface area contributed by atoms with Crippen molar-refractivity contribution in [2.75, 3.05) is 6.61 Å². The fourth-order valence-electron chi connectivity index (χ4n) is 0.618. The van der Waals surface area contributed by atoms with Crippen LogP contribution in [-0.2, 0) is 9.05 Å². The molecule has 0 unspecified atom stereocenters. The van der Waals surface area contributed by atoms with E-state index < -0.39 is 13.8 Å². The van der Waals surface area contributed by atoms with E-state index in [1.807, 2.05) is 0 Å². The quantitative estimate of drug-likeness (QED) is 0.598. The molecular formula is C4H7ClO3S. The standard InChI is InChI=1S/C4H7ClO3S/c5-9(7,8)4(3-6)1-2-4/h6H,1-3H2. The number of aliphatic hydroxyl groups is 1. The van der Waals surface area contributed by atoms with Gasteiger partial charge >= 0.3 is 0 Å². The third-order valence-corrected chi connectivity index (χ3v) is 4.17. The molecule has 0 amide bonds. The average molecular weight is 171 g/mol. The minimum absolute atomic E-state index is 0.348. The molecule has 0 saturated heterocycles. The first kappa shape index (κ1) is 7.31. The van der Waals surface area contributed by atoms with E-state index in [-0.39, 0.29) is 6.61 Å². The predicted octanol–water partition coefficient (Wildman–Crippen LogP) is 0.0799. The number of hydrogen-bond acceptors (Lipinski definition) is 3. The van der Waals surface area contributed by atoms with Crippen LogP contribution in [0.15, 0.2) is 0 Å². The Labute approximate surface area is 58.1 Å². The average Bonchev–Trinajstić information content (AvgIpc) is 2.40. The second-order valence-corrected chi connectivity index (χ2v) is 5.24. The highest BCUT2D eigenvalue weighted by Crippen LogP contribution is 2.44. The van der Waals surface area contributed by atoms with Crippen molar-refractivity contribution in [3.05, 3.63) is 0 Å². The van der Waals surface area contributed by atoms with E-state index in [1.54, 1.807) is 0 Å². The van der Waals surface area contributed by atoms with E-state index >= 15 is 0 Å². The van der Waals surface area contributed by atoms with Crippen LogP contribution in [0.2, 0.25) is 0 Å². The Balaban J connectivity index is 2.85. The molecule has 9 heavy (non-hydrogen) atoms. The molecule has 1 saturated carbocycles. The van der Waals surface area contributed by atoms with E-state index in [2.05, 4.69) is 0 Å². The lowest BCUT2D eigenvalue weighted by Crippen LogP contribution is -2.22. The Hall–Kier alpha value is 0.200. The van der Waals surface area contributed by atoms with Crippen molar-refractivity contribution < 1.29 is 13.5 Å². The maximum absolute atomic E-state index is 10.6. The van der Waals surface area contributed by atoms with Gasteiger partial charge in [0.2, 0.25) is 9.05 Å². The van der Waals surface area contributed by atoms with Gasteiger partial charge in [0.25, 0.3) is 0 Å². The second-order valence-electron chi connectivity index (χ2n) is 2.28. The van der Waals surface area contributed by atoms with Gasteiger partial charge in [-0.2, -0.15) is 0 Å². The van der Waals surface area contributed by atoms with Gasteiger partial charge in [0, 0.05) is 10.7 Å². The van der Waals surface area contributed by atoms with E-state index in [1.165, 1.54) is 0 Å². The van der Waals surface area contributed by atoms with E-state index in [0.29, 0.717) is 12.8 Å². The number of hydrogen-bond donors (Lipinski definition) is 1. The lowest BCUT2D eigenvalue weighted by Gasteiger charge is -2.03. The van der Waals surface area contributed by atoms with Crippen LogP contribution in [0.5, 0.6) is 0 Å². The molecule has 1 fully saturated rings. The molecule has 1 N–H and O–H groups in total. The molecule has 0 radical (unpaired) electrons. The third-order valence-electron chi connectivity index (χ3n) is 1.61. The fraction of sp³-hybridized carbons (Fsp3) is 1.00. The monoisotopic (exact) mass is 170 g/mol. The van der Waals surface area contributed by atoms with Crippen LogP contribution in [0.4, 0.5) is 0 Å². The van der Waals surface area contributed by atoms with Crippen LogP contribution in [0.25, 0.3) is 0 Å². The number of rotatable bonds is 2. The molecule has 1 aliphatic carbocycles. The normalized spacial score (nSPS) is 23.8.